The lowest BCUT2D eigenvalue weighted by Gasteiger charge is -2.38. The van der Waals surface area contributed by atoms with Crippen LogP contribution in [0.4, 0.5) is 0 Å². The molecule has 0 spiro atoms. The van der Waals surface area contributed by atoms with E-state index in [2.05, 4.69) is 4.98 Å². The Labute approximate surface area is 169 Å². The molecule has 1 aliphatic rings. The van der Waals surface area contributed by atoms with Crippen molar-refractivity contribution >= 4 is 22.8 Å². The highest BCUT2D eigenvalue weighted by atomic mass is 16.5. The number of para-hydroxylation sites is 1. The summed E-state index contributed by atoms with van der Waals surface area (Å²) in [6, 6.07) is 12.9. The fraction of sp³-hybridized carbons (Fsp3) is 0.348. The Morgan fingerprint density at radius 1 is 1.14 bits per heavy atom. The number of rotatable bonds is 4. The number of carbonyl (C=O) groups excluding carboxylic acids is 2. The summed E-state index contributed by atoms with van der Waals surface area (Å²) in [6.07, 6.45) is 4.63. The summed E-state index contributed by atoms with van der Waals surface area (Å²) in [5, 5.41) is 0.681. The van der Waals surface area contributed by atoms with Gasteiger partial charge in [-0.05, 0) is 57.4 Å². The zero-order valence-electron chi connectivity index (χ0n) is 16.6. The molecule has 4 rings (SSSR count). The monoisotopic (exact) mass is 392 g/mol. The second kappa shape index (κ2) is 8.07. The summed E-state index contributed by atoms with van der Waals surface area (Å²) >= 11 is 0. The van der Waals surface area contributed by atoms with Gasteiger partial charge in [-0.25, -0.2) is 9.78 Å². The van der Waals surface area contributed by atoms with Gasteiger partial charge in [0.15, 0.2) is 12.4 Å². The molecular weight excluding hydrogens is 368 g/mol. The van der Waals surface area contributed by atoms with Crippen LogP contribution in [0, 0.1) is 0 Å². The summed E-state index contributed by atoms with van der Waals surface area (Å²) in [5.74, 6) is -0.124. The molecule has 1 aliphatic heterocycles. The first-order chi connectivity index (χ1) is 14.0. The molecule has 0 N–H and O–H groups in total. The van der Waals surface area contributed by atoms with Gasteiger partial charge >= 0.3 is 5.97 Å². The van der Waals surface area contributed by atoms with Crippen LogP contribution in [-0.4, -0.2) is 40.5 Å². The molecule has 0 radical (unpaired) electrons. The summed E-state index contributed by atoms with van der Waals surface area (Å²) in [5.41, 5.74) is 1.58. The lowest BCUT2D eigenvalue weighted by molar-refractivity contribution is -0.140. The Hall–Kier alpha value is -3.15. The Morgan fingerprint density at radius 2 is 1.90 bits per heavy atom. The molecular formula is C23H24N2O4. The average molecular weight is 392 g/mol. The van der Waals surface area contributed by atoms with Crippen molar-refractivity contribution in [2.24, 2.45) is 0 Å². The summed E-state index contributed by atoms with van der Waals surface area (Å²) in [6.45, 7) is 3.82. The van der Waals surface area contributed by atoms with Gasteiger partial charge in [-0.15, -0.1) is 0 Å². The molecule has 3 aromatic rings. The topological polar surface area (TPSA) is 72.6 Å². The van der Waals surface area contributed by atoms with E-state index < -0.39 is 5.97 Å². The SMILES string of the molecule is C[C@@H]1CCC[C@@H](C)N1C(=O)COC(=O)c1cc(-c2ccco2)nc2ccccc12. The minimum Gasteiger partial charge on any atom is -0.463 e. The number of piperidine rings is 1. The maximum atomic E-state index is 12.9. The van der Waals surface area contributed by atoms with Crippen LogP contribution >= 0.6 is 0 Å². The van der Waals surface area contributed by atoms with Gasteiger partial charge in [-0.3, -0.25) is 4.79 Å². The van der Waals surface area contributed by atoms with Crippen LogP contribution in [0.2, 0.25) is 0 Å². The van der Waals surface area contributed by atoms with Crippen LogP contribution in [0.15, 0.2) is 53.1 Å². The van der Waals surface area contributed by atoms with Crippen LogP contribution in [-0.2, 0) is 9.53 Å². The van der Waals surface area contributed by atoms with Crippen LogP contribution in [0.25, 0.3) is 22.4 Å². The molecule has 1 fully saturated rings. The second-order valence-corrected chi connectivity index (χ2v) is 7.56. The van der Waals surface area contributed by atoms with E-state index in [1.54, 1.807) is 24.5 Å². The van der Waals surface area contributed by atoms with Crippen LogP contribution in [0.5, 0.6) is 0 Å². The number of hydrogen-bond acceptors (Lipinski definition) is 5. The van der Waals surface area contributed by atoms with Gasteiger partial charge in [-0.1, -0.05) is 18.2 Å². The van der Waals surface area contributed by atoms with Crippen LogP contribution < -0.4 is 0 Å². The molecule has 6 heteroatoms. The molecule has 2 atom stereocenters. The molecule has 1 amide bonds. The smallest absolute Gasteiger partial charge is 0.339 e. The average Bonchev–Trinajstić information content (AvgIpc) is 3.26. The Bertz CT molecular complexity index is 1020. The Kier molecular flexibility index (Phi) is 5.34. The lowest BCUT2D eigenvalue weighted by Crippen LogP contribution is -2.49. The number of carbonyl (C=O) groups is 2. The largest absolute Gasteiger partial charge is 0.463 e. The van der Waals surface area contributed by atoms with Crippen molar-refractivity contribution in [1.82, 2.24) is 9.88 Å². The maximum absolute atomic E-state index is 12.9. The summed E-state index contributed by atoms with van der Waals surface area (Å²) < 4.78 is 10.9. The zero-order chi connectivity index (χ0) is 20.4. The third kappa shape index (κ3) is 3.88. The number of pyridine rings is 1. The zero-order valence-corrected chi connectivity index (χ0v) is 16.6. The molecule has 0 saturated carbocycles. The van der Waals surface area contributed by atoms with Crippen molar-refractivity contribution in [3.63, 3.8) is 0 Å². The molecule has 29 heavy (non-hydrogen) atoms. The van der Waals surface area contributed by atoms with Crippen LogP contribution in [0.1, 0.15) is 43.5 Å². The quantitative estimate of drug-likeness (QED) is 0.614. The van der Waals surface area contributed by atoms with E-state index in [0.29, 0.717) is 27.9 Å². The van der Waals surface area contributed by atoms with E-state index in [4.69, 9.17) is 9.15 Å². The Morgan fingerprint density at radius 3 is 2.62 bits per heavy atom. The number of furan rings is 1. The first-order valence-electron chi connectivity index (χ1n) is 9.96. The third-order valence-corrected chi connectivity index (χ3v) is 5.52. The lowest BCUT2D eigenvalue weighted by atomic mass is 9.97. The molecule has 0 bridgehead atoms. The molecule has 0 aliphatic carbocycles. The number of benzene rings is 1. The van der Waals surface area contributed by atoms with Crippen molar-refractivity contribution in [1.29, 1.82) is 0 Å². The number of amides is 1. The van der Waals surface area contributed by atoms with E-state index in [9.17, 15) is 9.59 Å². The normalized spacial score (nSPS) is 19.3. The van der Waals surface area contributed by atoms with E-state index in [1.165, 1.54) is 0 Å². The van der Waals surface area contributed by atoms with Gasteiger partial charge in [0.05, 0.1) is 17.3 Å². The molecule has 0 unspecified atom stereocenters. The number of nitrogens with zero attached hydrogens (tertiary/aromatic N) is 2. The first-order valence-corrected chi connectivity index (χ1v) is 9.96. The van der Waals surface area contributed by atoms with Gasteiger partial charge in [-0.2, -0.15) is 0 Å². The highest BCUT2D eigenvalue weighted by Gasteiger charge is 2.29. The highest BCUT2D eigenvalue weighted by Crippen LogP contribution is 2.26. The predicted octanol–water partition coefficient (Wildman–Crippen LogP) is 4.44. The number of esters is 1. The van der Waals surface area contributed by atoms with E-state index in [0.717, 1.165) is 19.3 Å². The highest BCUT2D eigenvalue weighted by molar-refractivity contribution is 6.05. The van der Waals surface area contributed by atoms with Crippen molar-refractivity contribution in [2.45, 2.75) is 45.2 Å². The van der Waals surface area contributed by atoms with E-state index >= 15 is 0 Å². The molecule has 6 nitrogen and oxygen atoms in total. The van der Waals surface area contributed by atoms with E-state index in [-0.39, 0.29) is 24.6 Å². The first kappa shape index (κ1) is 19.2. The minimum atomic E-state index is -0.540. The number of fused-ring (bicyclic) bond motifs is 1. The Balaban J connectivity index is 1.57. The second-order valence-electron chi connectivity index (χ2n) is 7.56. The van der Waals surface area contributed by atoms with Gasteiger partial charge in [0, 0.05) is 17.5 Å². The van der Waals surface area contributed by atoms with Crippen molar-refractivity contribution < 1.29 is 18.7 Å². The number of aromatic nitrogens is 1. The van der Waals surface area contributed by atoms with E-state index in [1.807, 2.05) is 43.0 Å². The third-order valence-electron chi connectivity index (χ3n) is 5.52. The minimum absolute atomic E-state index is 0.150. The molecule has 2 aromatic heterocycles. The van der Waals surface area contributed by atoms with Crippen molar-refractivity contribution in [3.05, 3.63) is 54.3 Å². The fourth-order valence-electron chi connectivity index (χ4n) is 4.09. The molecule has 1 aromatic carbocycles. The van der Waals surface area contributed by atoms with Gasteiger partial charge in [0.25, 0.3) is 5.91 Å². The van der Waals surface area contributed by atoms with Crippen molar-refractivity contribution in [2.75, 3.05) is 6.61 Å². The fourth-order valence-corrected chi connectivity index (χ4v) is 4.09. The molecule has 1 saturated heterocycles. The van der Waals surface area contributed by atoms with Gasteiger partial charge in [0.1, 0.15) is 5.69 Å². The number of ether oxygens (including phenoxy) is 1. The van der Waals surface area contributed by atoms with Gasteiger partial charge in [0.2, 0.25) is 0 Å². The maximum Gasteiger partial charge on any atom is 0.339 e. The number of likely N-dealkylation sites (tertiary alicyclic amines) is 1. The predicted molar refractivity (Wildman–Crippen MR) is 109 cm³/mol. The van der Waals surface area contributed by atoms with Crippen molar-refractivity contribution in [3.8, 4) is 11.5 Å². The van der Waals surface area contributed by atoms with Crippen LogP contribution in [0.3, 0.4) is 0 Å². The molecule has 3 heterocycles. The number of hydrogen-bond donors (Lipinski definition) is 0. The summed E-state index contributed by atoms with van der Waals surface area (Å²) in [4.78, 5) is 32.0. The summed E-state index contributed by atoms with van der Waals surface area (Å²) in [7, 11) is 0. The van der Waals surface area contributed by atoms with Gasteiger partial charge < -0.3 is 14.1 Å². The molecule has 150 valence electrons. The standard InChI is InChI=1S/C23H24N2O4/c1-15-7-5-8-16(2)25(15)22(26)14-29-23(27)18-13-20(21-11-6-12-28-21)24-19-10-4-3-9-17(18)19/h3-4,6,9-13,15-16H,5,7-8,14H2,1-2H3/t15-,16-/m1/s1.